The van der Waals surface area contributed by atoms with Crippen LogP contribution in [0.4, 0.5) is 0 Å². The molecular formula is C44H26O2S4. The molecule has 2 nitrogen and oxygen atoms in total. The van der Waals surface area contributed by atoms with Crippen LogP contribution in [0.2, 0.25) is 0 Å². The summed E-state index contributed by atoms with van der Waals surface area (Å²) in [6.45, 7) is 0. The fraction of sp³-hybridized carbons (Fsp3) is 0. The van der Waals surface area contributed by atoms with Gasteiger partial charge in [0.05, 0.1) is 9.79 Å². The van der Waals surface area contributed by atoms with Crippen molar-refractivity contribution in [1.82, 2.24) is 0 Å². The minimum absolute atomic E-state index is 0.789. The molecule has 0 aromatic heterocycles. The Morgan fingerprint density at radius 3 is 1.12 bits per heavy atom. The van der Waals surface area contributed by atoms with Crippen LogP contribution in [0.15, 0.2) is 197 Å². The van der Waals surface area contributed by atoms with Crippen LogP contribution in [0.1, 0.15) is 0 Å². The van der Waals surface area contributed by atoms with E-state index in [4.69, 9.17) is 9.47 Å². The van der Waals surface area contributed by atoms with Gasteiger partial charge in [-0.05, 0) is 82.2 Å². The molecule has 0 saturated carbocycles. The van der Waals surface area contributed by atoms with Crippen molar-refractivity contribution in [3.05, 3.63) is 158 Å². The maximum atomic E-state index is 7.07. The van der Waals surface area contributed by atoms with Gasteiger partial charge in [0.15, 0.2) is 0 Å². The van der Waals surface area contributed by atoms with E-state index >= 15 is 0 Å². The van der Waals surface area contributed by atoms with Crippen molar-refractivity contribution >= 4 is 68.6 Å². The van der Waals surface area contributed by atoms with Crippen LogP contribution >= 0.6 is 47.0 Å². The van der Waals surface area contributed by atoms with Crippen molar-refractivity contribution in [3.8, 4) is 34.1 Å². The highest BCUT2D eigenvalue weighted by Crippen LogP contribution is 2.56. The van der Waals surface area contributed by atoms with Crippen LogP contribution < -0.4 is 9.47 Å². The minimum Gasteiger partial charge on any atom is -0.455 e. The normalized spacial score (nSPS) is 12.9. The van der Waals surface area contributed by atoms with E-state index in [1.54, 1.807) is 47.0 Å². The number of benzene rings is 8. The SMILES string of the molecule is c1ccc2c(c1)Sc1cccc(Oc3ccc4ccccc4c3-c3c(Oc4cccc5c4Sc4ccccc4S5)ccc4ccccc34)c1S2. The second-order valence-electron chi connectivity index (χ2n) is 12.0. The molecule has 0 radical (unpaired) electrons. The lowest BCUT2D eigenvalue weighted by Gasteiger charge is -2.24. The predicted octanol–water partition coefficient (Wildman–Crippen LogP) is 14.5. The molecule has 238 valence electrons. The Balaban J connectivity index is 1.15. The van der Waals surface area contributed by atoms with Crippen molar-refractivity contribution < 1.29 is 9.47 Å². The minimum atomic E-state index is 0.789. The van der Waals surface area contributed by atoms with E-state index in [1.807, 2.05) is 0 Å². The molecule has 2 aliphatic rings. The molecular weight excluding hydrogens is 689 g/mol. The van der Waals surface area contributed by atoms with Gasteiger partial charge in [-0.15, -0.1) is 0 Å². The van der Waals surface area contributed by atoms with Crippen molar-refractivity contribution in [1.29, 1.82) is 0 Å². The Bertz CT molecular complexity index is 2450. The van der Waals surface area contributed by atoms with E-state index in [-0.39, 0.29) is 0 Å². The third-order valence-corrected chi connectivity index (χ3v) is 14.1. The molecule has 8 aromatic rings. The van der Waals surface area contributed by atoms with Gasteiger partial charge in [0, 0.05) is 40.5 Å². The zero-order valence-corrected chi connectivity index (χ0v) is 29.7. The van der Waals surface area contributed by atoms with Crippen LogP contribution in [0.3, 0.4) is 0 Å². The number of rotatable bonds is 5. The molecule has 6 heteroatoms. The maximum Gasteiger partial charge on any atom is 0.142 e. The fourth-order valence-corrected chi connectivity index (χ4v) is 11.2. The molecule has 0 saturated heterocycles. The molecule has 0 N–H and O–H groups in total. The lowest BCUT2D eigenvalue weighted by molar-refractivity contribution is 0.464. The molecule has 0 amide bonds. The van der Waals surface area contributed by atoms with Gasteiger partial charge in [0.25, 0.3) is 0 Å². The third-order valence-electron chi connectivity index (χ3n) is 8.92. The van der Waals surface area contributed by atoms with Crippen LogP contribution in [-0.4, -0.2) is 0 Å². The summed E-state index contributed by atoms with van der Waals surface area (Å²) in [6, 6.07) is 55.5. The molecule has 2 aliphatic heterocycles. The zero-order valence-electron chi connectivity index (χ0n) is 26.5. The lowest BCUT2D eigenvalue weighted by atomic mass is 9.92. The van der Waals surface area contributed by atoms with Gasteiger partial charge in [-0.1, -0.05) is 144 Å². The van der Waals surface area contributed by atoms with Gasteiger partial charge in [-0.25, -0.2) is 0 Å². The summed E-state index contributed by atoms with van der Waals surface area (Å²) in [5.41, 5.74) is 2.03. The van der Waals surface area contributed by atoms with Crippen LogP contribution in [0, 0.1) is 0 Å². The average Bonchev–Trinajstić information content (AvgIpc) is 3.17. The Morgan fingerprint density at radius 1 is 0.280 bits per heavy atom. The fourth-order valence-electron chi connectivity index (χ4n) is 6.63. The highest BCUT2D eigenvalue weighted by Gasteiger charge is 2.26. The van der Waals surface area contributed by atoms with Gasteiger partial charge in [0.2, 0.25) is 0 Å². The van der Waals surface area contributed by atoms with Crippen LogP contribution in [0.5, 0.6) is 23.0 Å². The van der Waals surface area contributed by atoms with E-state index in [0.717, 1.165) is 65.5 Å². The lowest BCUT2D eigenvalue weighted by Crippen LogP contribution is -1.98. The topological polar surface area (TPSA) is 18.5 Å². The molecule has 50 heavy (non-hydrogen) atoms. The number of fused-ring (bicyclic) bond motifs is 6. The quantitative estimate of drug-likeness (QED) is 0.175. The Morgan fingerprint density at radius 2 is 0.660 bits per heavy atom. The Kier molecular flexibility index (Phi) is 7.57. The molecule has 8 aromatic carbocycles. The molecule has 0 bridgehead atoms. The summed E-state index contributed by atoms with van der Waals surface area (Å²) >= 11 is 7.15. The molecule has 0 fully saturated rings. The number of hydrogen-bond donors (Lipinski definition) is 0. The smallest absolute Gasteiger partial charge is 0.142 e. The first-order valence-electron chi connectivity index (χ1n) is 16.3. The Hall–Kier alpha value is -4.72. The first kappa shape index (κ1) is 30.1. The molecule has 0 atom stereocenters. The van der Waals surface area contributed by atoms with E-state index in [2.05, 4.69) is 158 Å². The van der Waals surface area contributed by atoms with Gasteiger partial charge >= 0.3 is 0 Å². The first-order chi connectivity index (χ1) is 24.8. The molecule has 10 rings (SSSR count). The van der Waals surface area contributed by atoms with Gasteiger partial charge in [-0.3, -0.25) is 0 Å². The predicted molar refractivity (Wildman–Crippen MR) is 209 cm³/mol. The summed E-state index contributed by atoms with van der Waals surface area (Å²) in [5, 5.41) is 4.50. The van der Waals surface area contributed by atoms with Crippen molar-refractivity contribution in [2.45, 2.75) is 39.2 Å². The second-order valence-corrected chi connectivity index (χ2v) is 16.3. The van der Waals surface area contributed by atoms with Gasteiger partial charge < -0.3 is 9.47 Å². The standard InChI is InChI=1S/C44H26O2S4/c1-3-13-29-27(11-1)23-25-31(45-33-15-9-21-39-43(33)49-37-19-7-5-17-35(37)47-39)41(29)42-30-14-4-2-12-28(30)24-26-32(42)46-34-16-10-22-40-44(34)50-38-20-8-6-18-36(38)48-40/h1-26H. The maximum absolute atomic E-state index is 7.07. The summed E-state index contributed by atoms with van der Waals surface area (Å²) in [4.78, 5) is 9.71. The summed E-state index contributed by atoms with van der Waals surface area (Å²) in [5.74, 6) is 3.27. The average molecular weight is 715 g/mol. The monoisotopic (exact) mass is 714 g/mol. The van der Waals surface area contributed by atoms with Gasteiger partial charge in [-0.2, -0.15) is 0 Å². The largest absolute Gasteiger partial charge is 0.455 e. The molecule has 2 heterocycles. The summed E-state index contributed by atoms with van der Waals surface area (Å²) < 4.78 is 14.1. The third kappa shape index (κ3) is 5.26. The van der Waals surface area contributed by atoms with E-state index in [9.17, 15) is 0 Å². The summed E-state index contributed by atoms with van der Waals surface area (Å²) in [7, 11) is 0. The van der Waals surface area contributed by atoms with Gasteiger partial charge in [0.1, 0.15) is 23.0 Å². The first-order valence-corrected chi connectivity index (χ1v) is 19.6. The second kappa shape index (κ2) is 12.6. The highest BCUT2D eigenvalue weighted by atomic mass is 32.2. The van der Waals surface area contributed by atoms with E-state index in [1.165, 1.54) is 29.4 Å². The number of hydrogen-bond acceptors (Lipinski definition) is 6. The van der Waals surface area contributed by atoms with Crippen LogP contribution in [0.25, 0.3) is 32.7 Å². The van der Waals surface area contributed by atoms with E-state index in [0.29, 0.717) is 0 Å². The molecule has 0 aliphatic carbocycles. The zero-order chi connectivity index (χ0) is 33.0. The van der Waals surface area contributed by atoms with Crippen molar-refractivity contribution in [3.63, 3.8) is 0 Å². The van der Waals surface area contributed by atoms with Crippen LogP contribution in [-0.2, 0) is 0 Å². The molecule has 0 spiro atoms. The highest BCUT2D eigenvalue weighted by molar-refractivity contribution is 8.05. The van der Waals surface area contributed by atoms with E-state index < -0.39 is 0 Å². The Labute approximate surface area is 307 Å². The number of ether oxygens (including phenoxy) is 2. The summed E-state index contributed by atoms with van der Waals surface area (Å²) in [6.07, 6.45) is 0. The molecule has 0 unspecified atom stereocenters. The van der Waals surface area contributed by atoms with Crippen molar-refractivity contribution in [2.75, 3.05) is 0 Å². The van der Waals surface area contributed by atoms with Crippen molar-refractivity contribution in [2.24, 2.45) is 0 Å².